The lowest BCUT2D eigenvalue weighted by Crippen LogP contribution is -2.34. The van der Waals surface area contributed by atoms with Crippen molar-refractivity contribution in [1.82, 2.24) is 15.5 Å². The Labute approximate surface area is 94.6 Å². The number of aryl methyl sites for hydroxylation is 1. The first-order valence-electron chi connectivity index (χ1n) is 5.57. The summed E-state index contributed by atoms with van der Waals surface area (Å²) in [4.78, 5) is 15.6. The SMILES string of the molecule is Cc1nc(C(=O)NC2CCC(C)(C)C2)no1. The fourth-order valence-corrected chi connectivity index (χ4v) is 2.20. The second-order valence-electron chi connectivity index (χ2n) is 5.21. The predicted molar refractivity (Wildman–Crippen MR) is 57.9 cm³/mol. The van der Waals surface area contributed by atoms with Gasteiger partial charge in [-0.3, -0.25) is 4.79 Å². The van der Waals surface area contributed by atoms with E-state index >= 15 is 0 Å². The van der Waals surface area contributed by atoms with Crippen molar-refractivity contribution in [3.8, 4) is 0 Å². The summed E-state index contributed by atoms with van der Waals surface area (Å²) in [7, 11) is 0. The smallest absolute Gasteiger partial charge is 0.292 e. The summed E-state index contributed by atoms with van der Waals surface area (Å²) in [6.07, 6.45) is 3.17. The minimum Gasteiger partial charge on any atom is -0.346 e. The van der Waals surface area contributed by atoms with Crippen molar-refractivity contribution in [2.45, 2.75) is 46.1 Å². The van der Waals surface area contributed by atoms with E-state index in [0.717, 1.165) is 19.3 Å². The van der Waals surface area contributed by atoms with Crippen LogP contribution in [0, 0.1) is 12.3 Å². The number of carbonyl (C=O) groups excluding carboxylic acids is 1. The van der Waals surface area contributed by atoms with Crippen molar-refractivity contribution < 1.29 is 9.32 Å². The molecule has 0 bridgehead atoms. The third-order valence-electron chi connectivity index (χ3n) is 3.03. The molecule has 16 heavy (non-hydrogen) atoms. The summed E-state index contributed by atoms with van der Waals surface area (Å²) < 4.78 is 4.77. The van der Waals surface area contributed by atoms with Crippen LogP contribution in [-0.2, 0) is 0 Å². The largest absolute Gasteiger partial charge is 0.346 e. The molecule has 0 aromatic carbocycles. The highest BCUT2D eigenvalue weighted by atomic mass is 16.5. The molecule has 1 aromatic heterocycles. The maximum atomic E-state index is 11.7. The Kier molecular flexibility index (Phi) is 2.69. The van der Waals surface area contributed by atoms with Crippen LogP contribution in [0.2, 0.25) is 0 Å². The van der Waals surface area contributed by atoms with Gasteiger partial charge in [0.25, 0.3) is 11.7 Å². The highest BCUT2D eigenvalue weighted by Gasteiger charge is 2.32. The summed E-state index contributed by atoms with van der Waals surface area (Å²) in [6.45, 7) is 6.11. The van der Waals surface area contributed by atoms with E-state index in [1.165, 1.54) is 0 Å². The van der Waals surface area contributed by atoms with E-state index in [1.54, 1.807) is 6.92 Å². The van der Waals surface area contributed by atoms with E-state index in [4.69, 9.17) is 4.52 Å². The van der Waals surface area contributed by atoms with E-state index in [9.17, 15) is 4.79 Å². The molecule has 0 radical (unpaired) electrons. The Bertz CT molecular complexity index is 398. The topological polar surface area (TPSA) is 68.0 Å². The first kappa shape index (κ1) is 11.1. The van der Waals surface area contributed by atoms with Crippen LogP contribution in [0.4, 0.5) is 0 Å². The van der Waals surface area contributed by atoms with Gasteiger partial charge in [0.1, 0.15) is 0 Å². The Hall–Kier alpha value is -1.39. The van der Waals surface area contributed by atoms with Crippen molar-refractivity contribution >= 4 is 5.91 Å². The second kappa shape index (κ2) is 3.88. The van der Waals surface area contributed by atoms with Gasteiger partial charge in [0.15, 0.2) is 0 Å². The van der Waals surface area contributed by atoms with Crippen molar-refractivity contribution in [2.75, 3.05) is 0 Å². The second-order valence-corrected chi connectivity index (χ2v) is 5.21. The molecular weight excluding hydrogens is 206 g/mol. The summed E-state index contributed by atoms with van der Waals surface area (Å²) in [5.74, 6) is 0.304. The van der Waals surface area contributed by atoms with Gasteiger partial charge in [-0.1, -0.05) is 19.0 Å². The summed E-state index contributed by atoms with van der Waals surface area (Å²) in [5, 5.41) is 6.54. The van der Waals surface area contributed by atoms with Gasteiger partial charge in [-0.2, -0.15) is 4.98 Å². The van der Waals surface area contributed by atoms with Gasteiger partial charge < -0.3 is 9.84 Å². The molecule has 2 rings (SSSR count). The number of nitrogens with zero attached hydrogens (tertiary/aromatic N) is 2. The number of rotatable bonds is 2. The quantitative estimate of drug-likeness (QED) is 0.828. The molecule has 1 aromatic rings. The van der Waals surface area contributed by atoms with Crippen molar-refractivity contribution in [2.24, 2.45) is 5.41 Å². The van der Waals surface area contributed by atoms with Gasteiger partial charge in [0.2, 0.25) is 5.89 Å². The Morgan fingerprint density at radius 3 is 2.81 bits per heavy atom. The summed E-state index contributed by atoms with van der Waals surface area (Å²) in [5.41, 5.74) is 0.325. The van der Waals surface area contributed by atoms with Crippen LogP contribution < -0.4 is 5.32 Å². The molecule has 1 saturated carbocycles. The maximum absolute atomic E-state index is 11.7. The third-order valence-corrected chi connectivity index (χ3v) is 3.03. The van der Waals surface area contributed by atoms with Crippen molar-refractivity contribution in [1.29, 1.82) is 0 Å². The molecule has 5 nitrogen and oxygen atoms in total. The van der Waals surface area contributed by atoms with Crippen LogP contribution in [-0.4, -0.2) is 22.1 Å². The lowest BCUT2D eigenvalue weighted by atomic mass is 9.92. The Balaban J connectivity index is 1.94. The fraction of sp³-hybridized carbons (Fsp3) is 0.727. The zero-order valence-electron chi connectivity index (χ0n) is 9.91. The Morgan fingerprint density at radius 2 is 2.31 bits per heavy atom. The van der Waals surface area contributed by atoms with Gasteiger partial charge in [-0.05, 0) is 24.7 Å². The lowest BCUT2D eigenvalue weighted by molar-refractivity contribution is 0.0922. The van der Waals surface area contributed by atoms with Crippen LogP contribution >= 0.6 is 0 Å². The molecule has 0 saturated heterocycles. The molecule has 1 N–H and O–H groups in total. The molecule has 88 valence electrons. The highest BCUT2D eigenvalue weighted by Crippen LogP contribution is 2.36. The number of aromatic nitrogens is 2. The van der Waals surface area contributed by atoms with Crippen LogP contribution in [0.25, 0.3) is 0 Å². The third kappa shape index (κ3) is 2.40. The standard InChI is InChI=1S/C11H17N3O2/c1-7-12-9(14-16-7)10(15)13-8-4-5-11(2,3)6-8/h8H,4-6H2,1-3H3,(H,13,15). The lowest BCUT2D eigenvalue weighted by Gasteiger charge is -2.17. The van der Waals surface area contributed by atoms with E-state index in [-0.39, 0.29) is 17.8 Å². The monoisotopic (exact) mass is 223 g/mol. The predicted octanol–water partition coefficient (Wildman–Crippen LogP) is 1.69. The summed E-state index contributed by atoms with van der Waals surface area (Å²) >= 11 is 0. The molecule has 1 atom stereocenters. The van der Waals surface area contributed by atoms with Crippen LogP contribution in [0.3, 0.4) is 0 Å². The zero-order valence-corrected chi connectivity index (χ0v) is 9.91. The minimum absolute atomic E-state index is 0.127. The molecular formula is C11H17N3O2. The van der Waals surface area contributed by atoms with E-state index in [2.05, 4.69) is 29.3 Å². The molecule has 1 fully saturated rings. The normalized spacial score (nSPS) is 23.3. The fourth-order valence-electron chi connectivity index (χ4n) is 2.20. The number of hydrogen-bond acceptors (Lipinski definition) is 4. The van der Waals surface area contributed by atoms with Crippen molar-refractivity contribution in [3.63, 3.8) is 0 Å². The van der Waals surface area contributed by atoms with Crippen LogP contribution in [0.1, 0.15) is 49.6 Å². The molecule has 1 unspecified atom stereocenters. The van der Waals surface area contributed by atoms with Crippen molar-refractivity contribution in [3.05, 3.63) is 11.7 Å². The maximum Gasteiger partial charge on any atom is 0.292 e. The number of nitrogens with one attached hydrogen (secondary N) is 1. The molecule has 1 amide bonds. The molecule has 1 aliphatic rings. The van der Waals surface area contributed by atoms with Crippen LogP contribution in [0.5, 0.6) is 0 Å². The molecule has 0 aliphatic heterocycles. The summed E-state index contributed by atoms with van der Waals surface area (Å²) in [6, 6.07) is 0.237. The number of amides is 1. The zero-order chi connectivity index (χ0) is 11.8. The molecule has 1 heterocycles. The van der Waals surface area contributed by atoms with E-state index in [1.807, 2.05) is 0 Å². The number of hydrogen-bond donors (Lipinski definition) is 1. The molecule has 0 spiro atoms. The highest BCUT2D eigenvalue weighted by molar-refractivity contribution is 5.90. The van der Waals surface area contributed by atoms with Gasteiger partial charge in [-0.15, -0.1) is 0 Å². The van der Waals surface area contributed by atoms with Crippen LogP contribution in [0.15, 0.2) is 4.52 Å². The van der Waals surface area contributed by atoms with Gasteiger partial charge in [0, 0.05) is 13.0 Å². The average Bonchev–Trinajstić information content (AvgIpc) is 2.73. The van der Waals surface area contributed by atoms with E-state index in [0.29, 0.717) is 11.3 Å². The first-order chi connectivity index (χ1) is 7.46. The minimum atomic E-state index is -0.237. The first-order valence-corrected chi connectivity index (χ1v) is 5.57. The van der Waals surface area contributed by atoms with E-state index < -0.39 is 0 Å². The molecule has 5 heteroatoms. The average molecular weight is 223 g/mol. The van der Waals surface area contributed by atoms with Gasteiger partial charge in [0.05, 0.1) is 0 Å². The van der Waals surface area contributed by atoms with Gasteiger partial charge in [-0.25, -0.2) is 0 Å². The van der Waals surface area contributed by atoms with Gasteiger partial charge >= 0.3 is 0 Å². The Morgan fingerprint density at radius 1 is 1.56 bits per heavy atom. The number of carbonyl (C=O) groups is 1. The molecule has 1 aliphatic carbocycles.